The van der Waals surface area contributed by atoms with Crippen LogP contribution in [0.5, 0.6) is 5.75 Å². The van der Waals surface area contributed by atoms with Gasteiger partial charge in [0.15, 0.2) is 0 Å². The molecule has 0 saturated heterocycles. The highest BCUT2D eigenvalue weighted by Crippen LogP contribution is 2.20. The lowest BCUT2D eigenvalue weighted by Crippen LogP contribution is -1.97. The molecule has 1 nitrogen and oxygen atoms in total. The van der Waals surface area contributed by atoms with Crippen molar-refractivity contribution >= 4 is 15.9 Å². The lowest BCUT2D eigenvalue weighted by atomic mass is 10.1. The van der Waals surface area contributed by atoms with Crippen LogP contribution >= 0.6 is 15.9 Å². The van der Waals surface area contributed by atoms with Crippen molar-refractivity contribution in [3.8, 4) is 5.75 Å². The zero-order chi connectivity index (χ0) is 12.5. The minimum atomic E-state index is -0.266. The summed E-state index contributed by atoms with van der Waals surface area (Å²) in [6.07, 6.45) is 7.39. The Bertz CT molecular complexity index is 308. The molecule has 1 aromatic rings. The molecule has 0 aliphatic carbocycles. The maximum Gasteiger partial charge on any atom is 0.128 e. The van der Waals surface area contributed by atoms with Crippen LogP contribution in [0.3, 0.4) is 0 Å². The second-order valence-electron chi connectivity index (χ2n) is 4.22. The van der Waals surface area contributed by atoms with Crippen LogP contribution in [0.4, 0.5) is 4.39 Å². The topological polar surface area (TPSA) is 9.23 Å². The van der Waals surface area contributed by atoms with Gasteiger partial charge in [0, 0.05) is 10.5 Å². The van der Waals surface area contributed by atoms with Gasteiger partial charge in [0.05, 0.1) is 6.61 Å². The Kier molecular flexibility index (Phi) is 7.25. The third kappa shape index (κ3) is 6.67. The summed E-state index contributed by atoms with van der Waals surface area (Å²) in [5, 5.41) is 0. The van der Waals surface area contributed by atoms with E-state index in [-0.39, 0.29) is 5.82 Å². The third-order valence-corrected chi connectivity index (χ3v) is 3.06. The fraction of sp³-hybridized carbons (Fsp3) is 0.571. The van der Waals surface area contributed by atoms with Crippen LogP contribution in [-0.4, -0.2) is 6.61 Å². The standard InChI is InChI=1S/C14H20BrFO/c1-2-3-4-5-6-7-8-17-14-10-12(15)9-13(16)11-14/h9-11H,2-8H2,1H3. The van der Waals surface area contributed by atoms with Crippen molar-refractivity contribution in [3.63, 3.8) is 0 Å². The first-order valence-corrected chi connectivity index (χ1v) is 7.10. The monoisotopic (exact) mass is 302 g/mol. The van der Waals surface area contributed by atoms with Crippen LogP contribution < -0.4 is 4.74 Å². The maximum atomic E-state index is 13.0. The molecule has 0 atom stereocenters. The molecular formula is C14H20BrFO. The Morgan fingerprint density at radius 3 is 2.47 bits per heavy atom. The Balaban J connectivity index is 2.13. The number of unbranched alkanes of at least 4 members (excludes halogenated alkanes) is 5. The molecule has 0 unspecified atom stereocenters. The van der Waals surface area contributed by atoms with Crippen LogP contribution in [0, 0.1) is 5.82 Å². The molecule has 0 fully saturated rings. The molecule has 0 saturated carbocycles. The third-order valence-electron chi connectivity index (χ3n) is 2.60. The highest BCUT2D eigenvalue weighted by molar-refractivity contribution is 9.10. The van der Waals surface area contributed by atoms with Crippen molar-refractivity contribution in [1.29, 1.82) is 0 Å². The van der Waals surface area contributed by atoms with Crippen LogP contribution in [0.25, 0.3) is 0 Å². The van der Waals surface area contributed by atoms with Gasteiger partial charge in [0.2, 0.25) is 0 Å². The fourth-order valence-corrected chi connectivity index (χ4v) is 2.13. The number of benzene rings is 1. The van der Waals surface area contributed by atoms with Gasteiger partial charge in [-0.1, -0.05) is 55.0 Å². The van der Waals surface area contributed by atoms with Crippen molar-refractivity contribution in [2.75, 3.05) is 6.61 Å². The molecule has 0 aliphatic rings. The number of rotatable bonds is 8. The Morgan fingerprint density at radius 2 is 1.76 bits per heavy atom. The molecule has 0 spiro atoms. The normalized spacial score (nSPS) is 10.5. The summed E-state index contributed by atoms with van der Waals surface area (Å²) in [5.41, 5.74) is 0. The number of hydrogen-bond acceptors (Lipinski definition) is 1. The number of ether oxygens (including phenoxy) is 1. The van der Waals surface area contributed by atoms with Gasteiger partial charge in [-0.05, 0) is 18.6 Å². The molecule has 0 N–H and O–H groups in total. The molecule has 17 heavy (non-hydrogen) atoms. The van der Waals surface area contributed by atoms with E-state index in [2.05, 4.69) is 22.9 Å². The fourth-order valence-electron chi connectivity index (χ4n) is 1.68. The summed E-state index contributed by atoms with van der Waals surface area (Å²) in [7, 11) is 0. The maximum absolute atomic E-state index is 13.0. The van der Waals surface area contributed by atoms with Crippen molar-refractivity contribution in [3.05, 3.63) is 28.5 Å². The molecule has 0 heterocycles. The number of hydrogen-bond donors (Lipinski definition) is 0. The Hall–Kier alpha value is -0.570. The van der Waals surface area contributed by atoms with Gasteiger partial charge in [-0.25, -0.2) is 4.39 Å². The van der Waals surface area contributed by atoms with Crippen molar-refractivity contribution < 1.29 is 9.13 Å². The lowest BCUT2D eigenvalue weighted by molar-refractivity contribution is 0.302. The van der Waals surface area contributed by atoms with E-state index in [1.807, 2.05) is 0 Å². The summed E-state index contributed by atoms with van der Waals surface area (Å²) in [5.74, 6) is 0.336. The summed E-state index contributed by atoms with van der Waals surface area (Å²) < 4.78 is 19.3. The van der Waals surface area contributed by atoms with E-state index < -0.39 is 0 Å². The zero-order valence-electron chi connectivity index (χ0n) is 10.3. The van der Waals surface area contributed by atoms with E-state index in [0.717, 1.165) is 10.9 Å². The first kappa shape index (κ1) is 14.5. The molecule has 0 aliphatic heterocycles. The van der Waals surface area contributed by atoms with E-state index in [1.54, 1.807) is 6.07 Å². The van der Waals surface area contributed by atoms with Crippen molar-refractivity contribution in [1.82, 2.24) is 0 Å². The molecule has 0 bridgehead atoms. The van der Waals surface area contributed by atoms with Gasteiger partial charge in [-0.2, -0.15) is 0 Å². The number of halogens is 2. The quantitative estimate of drug-likeness (QED) is 0.590. The van der Waals surface area contributed by atoms with Gasteiger partial charge in [-0.3, -0.25) is 0 Å². The van der Waals surface area contributed by atoms with Crippen LogP contribution in [0.1, 0.15) is 45.4 Å². The first-order chi connectivity index (χ1) is 8.22. The van der Waals surface area contributed by atoms with Crippen molar-refractivity contribution in [2.45, 2.75) is 45.4 Å². The zero-order valence-corrected chi connectivity index (χ0v) is 11.9. The average molecular weight is 303 g/mol. The highest BCUT2D eigenvalue weighted by atomic mass is 79.9. The minimum absolute atomic E-state index is 0.266. The largest absolute Gasteiger partial charge is 0.493 e. The highest BCUT2D eigenvalue weighted by Gasteiger charge is 1.99. The molecule has 1 rings (SSSR count). The van der Waals surface area contributed by atoms with Gasteiger partial charge in [0.1, 0.15) is 11.6 Å². The minimum Gasteiger partial charge on any atom is -0.493 e. The summed E-state index contributed by atoms with van der Waals surface area (Å²) in [6, 6.07) is 4.64. The Labute approximate surface area is 111 Å². The Morgan fingerprint density at radius 1 is 1.06 bits per heavy atom. The molecule has 0 radical (unpaired) electrons. The molecule has 0 aromatic heterocycles. The first-order valence-electron chi connectivity index (χ1n) is 6.31. The van der Waals surface area contributed by atoms with E-state index in [1.165, 1.54) is 44.2 Å². The molecule has 1 aromatic carbocycles. The lowest BCUT2D eigenvalue weighted by Gasteiger charge is -2.06. The van der Waals surface area contributed by atoms with Gasteiger partial charge < -0.3 is 4.74 Å². The van der Waals surface area contributed by atoms with E-state index in [4.69, 9.17) is 4.74 Å². The van der Waals surface area contributed by atoms with E-state index >= 15 is 0 Å². The van der Waals surface area contributed by atoms with Crippen LogP contribution in [0.15, 0.2) is 22.7 Å². The second-order valence-corrected chi connectivity index (χ2v) is 5.14. The van der Waals surface area contributed by atoms with Gasteiger partial charge in [-0.15, -0.1) is 0 Å². The van der Waals surface area contributed by atoms with Gasteiger partial charge >= 0.3 is 0 Å². The second kappa shape index (κ2) is 8.51. The molecular weight excluding hydrogens is 283 g/mol. The molecule has 3 heteroatoms. The van der Waals surface area contributed by atoms with Gasteiger partial charge in [0.25, 0.3) is 0 Å². The molecule has 96 valence electrons. The smallest absolute Gasteiger partial charge is 0.128 e. The molecule has 0 amide bonds. The predicted octanol–water partition coefficient (Wildman–Crippen LogP) is 5.33. The van der Waals surface area contributed by atoms with Crippen LogP contribution in [0.2, 0.25) is 0 Å². The van der Waals surface area contributed by atoms with E-state index in [9.17, 15) is 4.39 Å². The summed E-state index contributed by atoms with van der Waals surface area (Å²) in [4.78, 5) is 0. The SMILES string of the molecule is CCCCCCCCOc1cc(F)cc(Br)c1. The summed E-state index contributed by atoms with van der Waals surface area (Å²) >= 11 is 3.24. The predicted molar refractivity (Wildman–Crippen MR) is 73.0 cm³/mol. The van der Waals surface area contributed by atoms with Crippen LogP contribution in [-0.2, 0) is 0 Å². The summed E-state index contributed by atoms with van der Waals surface area (Å²) in [6.45, 7) is 2.88. The average Bonchev–Trinajstić information content (AvgIpc) is 2.26. The van der Waals surface area contributed by atoms with E-state index in [0.29, 0.717) is 12.4 Å². The van der Waals surface area contributed by atoms with Crippen molar-refractivity contribution in [2.24, 2.45) is 0 Å².